The third kappa shape index (κ3) is 3.57. The Morgan fingerprint density at radius 3 is 2.88 bits per heavy atom. The second kappa shape index (κ2) is 7.51. The van der Waals surface area contributed by atoms with Crippen LogP contribution < -0.4 is 5.32 Å². The highest BCUT2D eigenvalue weighted by molar-refractivity contribution is 6.14. The van der Waals surface area contributed by atoms with Crippen LogP contribution in [-0.4, -0.2) is 41.8 Å². The largest absolute Gasteiger partial charge is 0.465 e. The molecule has 1 amide bonds. The first-order valence-electron chi connectivity index (χ1n) is 8.67. The molecule has 132 valence electrons. The lowest BCUT2D eigenvalue weighted by molar-refractivity contribution is -0.154. The summed E-state index contributed by atoms with van der Waals surface area (Å²) in [7, 11) is 0. The second-order valence-corrected chi connectivity index (χ2v) is 6.24. The summed E-state index contributed by atoms with van der Waals surface area (Å²) in [6, 6.07) is 9.86. The Hall–Kier alpha value is -2.63. The number of rotatable bonds is 4. The molecule has 1 saturated heterocycles. The topological polar surface area (TPSA) is 71.0 Å². The number of nitrogens with zero attached hydrogens (tertiary/aromatic N) is 2. The van der Waals surface area contributed by atoms with Crippen LogP contribution in [0.15, 0.2) is 47.1 Å². The van der Waals surface area contributed by atoms with Crippen LogP contribution in [-0.2, 0) is 14.3 Å². The van der Waals surface area contributed by atoms with Crippen molar-refractivity contribution in [1.82, 2.24) is 4.90 Å². The van der Waals surface area contributed by atoms with Gasteiger partial charge >= 0.3 is 5.97 Å². The Kier molecular flexibility index (Phi) is 5.16. The van der Waals surface area contributed by atoms with Crippen molar-refractivity contribution >= 4 is 23.4 Å². The number of ether oxygens (including phenoxy) is 1. The average Bonchev–Trinajstić information content (AvgIpc) is 2.62. The first-order valence-corrected chi connectivity index (χ1v) is 8.67. The molecule has 2 aliphatic heterocycles. The molecular formula is C19H23N3O3. The Morgan fingerprint density at radius 2 is 2.16 bits per heavy atom. The summed E-state index contributed by atoms with van der Waals surface area (Å²) in [6.07, 6.45) is 3.58. The molecule has 1 N–H and O–H groups in total. The van der Waals surface area contributed by atoms with E-state index in [0.717, 1.165) is 24.1 Å². The normalized spacial score (nSPS) is 24.6. The smallest absolute Gasteiger partial charge is 0.320 e. The first kappa shape index (κ1) is 17.2. The fraction of sp³-hybridized carbons (Fsp3) is 0.421. The van der Waals surface area contributed by atoms with E-state index < -0.39 is 11.9 Å². The Bertz CT molecular complexity index is 712. The maximum absolute atomic E-state index is 12.8. The molecule has 0 spiro atoms. The number of anilines is 1. The summed E-state index contributed by atoms with van der Waals surface area (Å²) < 4.78 is 5.02. The van der Waals surface area contributed by atoms with Crippen LogP contribution >= 0.6 is 0 Å². The number of amides is 1. The number of nitrogens with one attached hydrogen (secondary N) is 1. The lowest BCUT2D eigenvalue weighted by Crippen LogP contribution is -2.54. The van der Waals surface area contributed by atoms with Crippen molar-refractivity contribution in [2.75, 3.05) is 18.5 Å². The number of amidine groups is 1. The third-order valence-corrected chi connectivity index (χ3v) is 4.50. The molecule has 6 nitrogen and oxygen atoms in total. The van der Waals surface area contributed by atoms with Gasteiger partial charge in [0.1, 0.15) is 5.84 Å². The van der Waals surface area contributed by atoms with E-state index in [1.165, 1.54) is 0 Å². The van der Waals surface area contributed by atoms with Gasteiger partial charge < -0.3 is 10.1 Å². The Labute approximate surface area is 147 Å². The van der Waals surface area contributed by atoms with Crippen LogP contribution in [0.4, 0.5) is 5.69 Å². The molecule has 0 saturated carbocycles. The third-order valence-electron chi connectivity index (χ3n) is 4.50. The fourth-order valence-electron chi connectivity index (χ4n) is 3.15. The summed E-state index contributed by atoms with van der Waals surface area (Å²) in [5.41, 5.74) is 1.96. The molecule has 0 radical (unpaired) electrons. The number of para-hydroxylation sites is 1. The SMILES string of the molecule is CCOC(=O)C1CN=C2C(=CNc3ccccc3)CCC(C)N2C1=O. The van der Waals surface area contributed by atoms with E-state index in [1.807, 2.05) is 43.5 Å². The van der Waals surface area contributed by atoms with Gasteiger partial charge in [0.2, 0.25) is 5.91 Å². The number of carbonyl (C=O) groups excluding carboxylic acids is 2. The molecule has 1 aromatic rings. The summed E-state index contributed by atoms with van der Waals surface area (Å²) in [5.74, 6) is -0.845. The zero-order chi connectivity index (χ0) is 17.8. The van der Waals surface area contributed by atoms with Crippen LogP contribution in [0.5, 0.6) is 0 Å². The van der Waals surface area contributed by atoms with Crippen LogP contribution in [0.1, 0.15) is 26.7 Å². The predicted octanol–water partition coefficient (Wildman–Crippen LogP) is 2.58. The van der Waals surface area contributed by atoms with Crippen molar-refractivity contribution < 1.29 is 14.3 Å². The molecule has 2 atom stereocenters. The molecule has 2 aliphatic rings. The number of benzene rings is 1. The highest BCUT2D eigenvalue weighted by Crippen LogP contribution is 2.29. The van der Waals surface area contributed by atoms with Crippen LogP contribution in [0.3, 0.4) is 0 Å². The molecule has 25 heavy (non-hydrogen) atoms. The minimum absolute atomic E-state index is 0.0253. The molecule has 6 heteroatoms. The molecule has 0 aliphatic carbocycles. The Balaban J connectivity index is 1.83. The summed E-state index contributed by atoms with van der Waals surface area (Å²) in [5, 5.41) is 3.26. The van der Waals surface area contributed by atoms with Gasteiger partial charge in [-0.2, -0.15) is 0 Å². The van der Waals surface area contributed by atoms with Gasteiger partial charge in [-0.1, -0.05) is 18.2 Å². The Morgan fingerprint density at radius 1 is 1.40 bits per heavy atom. The lowest BCUT2D eigenvalue weighted by Gasteiger charge is -2.40. The van der Waals surface area contributed by atoms with E-state index in [1.54, 1.807) is 11.8 Å². The highest BCUT2D eigenvalue weighted by atomic mass is 16.5. The number of fused-ring (bicyclic) bond motifs is 1. The predicted molar refractivity (Wildman–Crippen MR) is 96.1 cm³/mol. The molecule has 1 fully saturated rings. The minimum atomic E-state index is -0.826. The van der Waals surface area contributed by atoms with Gasteiger partial charge in [0.15, 0.2) is 5.92 Å². The van der Waals surface area contributed by atoms with Crippen molar-refractivity contribution in [1.29, 1.82) is 0 Å². The summed E-state index contributed by atoms with van der Waals surface area (Å²) in [4.78, 5) is 31.0. The molecule has 1 aromatic carbocycles. The first-order chi connectivity index (χ1) is 12.1. The minimum Gasteiger partial charge on any atom is -0.465 e. The van der Waals surface area contributed by atoms with Crippen LogP contribution in [0.25, 0.3) is 0 Å². The van der Waals surface area contributed by atoms with E-state index in [0.29, 0.717) is 5.84 Å². The standard InChI is InChI=1S/C19H23N3O3/c1-3-25-19(24)16-12-21-17-14(10-9-13(2)22(17)18(16)23)11-20-15-7-5-4-6-8-15/h4-8,11,13,16,20H,3,9-10,12H2,1-2H3. The van der Waals surface area contributed by atoms with Gasteiger partial charge in [0, 0.05) is 23.5 Å². The zero-order valence-corrected chi connectivity index (χ0v) is 14.6. The van der Waals surface area contributed by atoms with Gasteiger partial charge in [-0.15, -0.1) is 0 Å². The number of hydrogen-bond acceptors (Lipinski definition) is 5. The van der Waals surface area contributed by atoms with Crippen molar-refractivity contribution in [3.8, 4) is 0 Å². The van der Waals surface area contributed by atoms with Gasteiger partial charge in [-0.25, -0.2) is 0 Å². The van der Waals surface area contributed by atoms with Gasteiger partial charge in [0.25, 0.3) is 0 Å². The monoisotopic (exact) mass is 341 g/mol. The quantitative estimate of drug-likeness (QED) is 0.675. The van der Waals surface area contributed by atoms with E-state index in [9.17, 15) is 9.59 Å². The van der Waals surface area contributed by atoms with Crippen LogP contribution in [0.2, 0.25) is 0 Å². The number of carbonyl (C=O) groups is 2. The molecule has 2 unspecified atom stereocenters. The zero-order valence-electron chi connectivity index (χ0n) is 14.6. The van der Waals surface area contributed by atoms with E-state index in [-0.39, 0.29) is 25.1 Å². The molecular weight excluding hydrogens is 318 g/mol. The molecule has 2 heterocycles. The van der Waals surface area contributed by atoms with Crippen LogP contribution in [0, 0.1) is 5.92 Å². The van der Waals surface area contributed by atoms with Crippen molar-refractivity contribution in [2.24, 2.45) is 10.9 Å². The molecule has 3 rings (SSSR count). The molecule has 0 bridgehead atoms. The average molecular weight is 341 g/mol. The van der Waals surface area contributed by atoms with Gasteiger partial charge in [-0.05, 0) is 38.8 Å². The van der Waals surface area contributed by atoms with E-state index in [2.05, 4.69) is 10.3 Å². The van der Waals surface area contributed by atoms with E-state index in [4.69, 9.17) is 4.74 Å². The summed E-state index contributed by atoms with van der Waals surface area (Å²) in [6.45, 7) is 4.14. The van der Waals surface area contributed by atoms with Gasteiger partial charge in [-0.3, -0.25) is 19.5 Å². The maximum Gasteiger partial charge on any atom is 0.320 e. The lowest BCUT2D eigenvalue weighted by atomic mass is 9.93. The van der Waals surface area contributed by atoms with Crippen molar-refractivity contribution in [2.45, 2.75) is 32.7 Å². The van der Waals surface area contributed by atoms with E-state index >= 15 is 0 Å². The molecule has 0 aromatic heterocycles. The second-order valence-electron chi connectivity index (χ2n) is 6.24. The fourth-order valence-corrected chi connectivity index (χ4v) is 3.15. The maximum atomic E-state index is 12.8. The number of aliphatic imine (C=N–C) groups is 1. The van der Waals surface area contributed by atoms with Crippen molar-refractivity contribution in [3.63, 3.8) is 0 Å². The number of piperidine rings is 1. The summed E-state index contributed by atoms with van der Waals surface area (Å²) >= 11 is 0. The number of esters is 1. The van der Waals surface area contributed by atoms with Crippen molar-refractivity contribution in [3.05, 3.63) is 42.1 Å². The highest BCUT2D eigenvalue weighted by Gasteiger charge is 2.42. The number of hydrogen-bond donors (Lipinski definition) is 1. The van der Waals surface area contributed by atoms with Gasteiger partial charge in [0.05, 0.1) is 13.2 Å².